The van der Waals surface area contributed by atoms with E-state index < -0.39 is 0 Å². The first kappa shape index (κ1) is 21.1. The quantitative estimate of drug-likeness (QED) is 0.557. The van der Waals surface area contributed by atoms with Crippen molar-refractivity contribution in [1.82, 2.24) is 0 Å². The number of anilines is 1. The molecule has 0 saturated carbocycles. The Bertz CT molecular complexity index is 898. The summed E-state index contributed by atoms with van der Waals surface area (Å²) in [6.07, 6.45) is 2.82. The lowest BCUT2D eigenvalue weighted by molar-refractivity contribution is 0.0526. The Morgan fingerprint density at radius 1 is 1.32 bits per heavy atom. The zero-order valence-electron chi connectivity index (χ0n) is 16.7. The minimum Gasteiger partial charge on any atom is -0.462 e. The zero-order chi connectivity index (χ0) is 20.5. The van der Waals surface area contributed by atoms with E-state index in [9.17, 15) is 9.59 Å². The van der Waals surface area contributed by atoms with Crippen LogP contribution < -0.4 is 5.32 Å². The number of hydrogen-bond acceptors (Lipinski definition) is 4. The van der Waals surface area contributed by atoms with Crippen LogP contribution in [0, 0.1) is 11.3 Å². The van der Waals surface area contributed by atoms with Crippen molar-refractivity contribution in [2.45, 2.75) is 47.0 Å². The van der Waals surface area contributed by atoms with Gasteiger partial charge in [-0.2, -0.15) is 0 Å². The van der Waals surface area contributed by atoms with Gasteiger partial charge in [0.2, 0.25) is 0 Å². The highest BCUT2D eigenvalue weighted by molar-refractivity contribution is 9.10. The molecule has 2 aromatic rings. The first-order valence-electron chi connectivity index (χ1n) is 9.59. The first-order chi connectivity index (χ1) is 13.2. The molecule has 1 aliphatic carbocycles. The molecular weight excluding hydrogens is 438 g/mol. The van der Waals surface area contributed by atoms with Gasteiger partial charge in [-0.1, -0.05) is 42.8 Å². The smallest absolute Gasteiger partial charge is 0.341 e. The van der Waals surface area contributed by atoms with Gasteiger partial charge in [0.15, 0.2) is 0 Å². The third-order valence-corrected chi connectivity index (χ3v) is 6.95. The molecule has 1 unspecified atom stereocenters. The number of esters is 1. The van der Waals surface area contributed by atoms with Gasteiger partial charge in [0.05, 0.1) is 12.2 Å². The highest BCUT2D eigenvalue weighted by atomic mass is 79.9. The highest BCUT2D eigenvalue weighted by Crippen LogP contribution is 2.44. The predicted octanol–water partition coefficient (Wildman–Crippen LogP) is 6.09. The van der Waals surface area contributed by atoms with Crippen LogP contribution in [0.3, 0.4) is 0 Å². The molecule has 3 rings (SSSR count). The van der Waals surface area contributed by atoms with E-state index in [2.05, 4.69) is 42.0 Å². The summed E-state index contributed by atoms with van der Waals surface area (Å²) >= 11 is 4.91. The number of amides is 1. The van der Waals surface area contributed by atoms with Crippen molar-refractivity contribution in [3.8, 4) is 0 Å². The molecule has 28 heavy (non-hydrogen) atoms. The Morgan fingerprint density at radius 2 is 2.07 bits per heavy atom. The highest BCUT2D eigenvalue weighted by Gasteiger charge is 2.34. The van der Waals surface area contributed by atoms with E-state index in [1.54, 1.807) is 19.1 Å². The van der Waals surface area contributed by atoms with Gasteiger partial charge in [0, 0.05) is 14.9 Å². The molecular formula is C22H26BrNO3S. The second-order valence-corrected chi connectivity index (χ2v) is 10.2. The van der Waals surface area contributed by atoms with E-state index in [-0.39, 0.29) is 17.3 Å². The average molecular weight is 464 g/mol. The van der Waals surface area contributed by atoms with Crippen LogP contribution in [0.15, 0.2) is 28.7 Å². The fourth-order valence-corrected chi connectivity index (χ4v) is 5.35. The number of fused-ring (bicyclic) bond motifs is 1. The molecule has 1 aromatic carbocycles. The monoisotopic (exact) mass is 463 g/mol. The molecule has 0 saturated heterocycles. The number of ether oxygens (including phenoxy) is 1. The third-order valence-electron chi connectivity index (χ3n) is 5.28. The van der Waals surface area contributed by atoms with Crippen molar-refractivity contribution in [2.24, 2.45) is 11.3 Å². The molecule has 1 aliphatic rings. The molecule has 1 amide bonds. The largest absolute Gasteiger partial charge is 0.462 e. The Morgan fingerprint density at radius 3 is 2.71 bits per heavy atom. The summed E-state index contributed by atoms with van der Waals surface area (Å²) < 4.78 is 6.14. The molecule has 1 aromatic heterocycles. The van der Waals surface area contributed by atoms with Crippen molar-refractivity contribution in [3.63, 3.8) is 0 Å². The summed E-state index contributed by atoms with van der Waals surface area (Å²) in [6.45, 7) is 8.90. The van der Waals surface area contributed by atoms with Gasteiger partial charge in [0.25, 0.3) is 5.91 Å². The second-order valence-electron chi connectivity index (χ2n) is 8.20. The summed E-state index contributed by atoms with van der Waals surface area (Å²) in [5, 5.41) is 3.56. The minimum atomic E-state index is -0.348. The maximum Gasteiger partial charge on any atom is 0.341 e. The molecule has 0 radical (unpaired) electrons. The first-order valence-corrected chi connectivity index (χ1v) is 11.2. The fourth-order valence-electron chi connectivity index (χ4n) is 3.64. The SMILES string of the molecule is CCOC(=O)c1c(NC(=O)c2cccc(Br)c2)sc2c1CCC(C(C)(C)C)C2. The molecule has 150 valence electrons. The topological polar surface area (TPSA) is 55.4 Å². The van der Waals surface area contributed by atoms with Gasteiger partial charge < -0.3 is 10.1 Å². The van der Waals surface area contributed by atoms with Gasteiger partial charge in [-0.05, 0) is 61.3 Å². The number of halogens is 1. The van der Waals surface area contributed by atoms with Gasteiger partial charge in [-0.15, -0.1) is 11.3 Å². The lowest BCUT2D eigenvalue weighted by atomic mass is 9.72. The van der Waals surface area contributed by atoms with Crippen molar-refractivity contribution in [3.05, 3.63) is 50.3 Å². The Labute approximate surface area is 178 Å². The summed E-state index contributed by atoms with van der Waals surface area (Å²) in [5.41, 5.74) is 2.35. The van der Waals surface area contributed by atoms with Gasteiger partial charge in [0.1, 0.15) is 5.00 Å². The van der Waals surface area contributed by atoms with Gasteiger partial charge in [-0.3, -0.25) is 4.79 Å². The van der Waals surface area contributed by atoms with Gasteiger partial charge in [-0.25, -0.2) is 4.79 Å². The standard InChI is InChI=1S/C22H26BrNO3S/c1-5-27-21(26)18-16-10-9-14(22(2,3)4)12-17(16)28-20(18)24-19(25)13-7-6-8-15(23)11-13/h6-8,11,14H,5,9-10,12H2,1-4H3,(H,24,25). The van der Waals surface area contributed by atoms with E-state index in [0.29, 0.717) is 28.7 Å². The van der Waals surface area contributed by atoms with Crippen LogP contribution in [-0.2, 0) is 17.6 Å². The summed E-state index contributed by atoms with van der Waals surface area (Å²) in [4.78, 5) is 26.6. The van der Waals surface area contributed by atoms with Crippen LogP contribution in [0.2, 0.25) is 0 Å². The molecule has 0 bridgehead atoms. The maximum atomic E-state index is 12.8. The maximum absolute atomic E-state index is 12.8. The van der Waals surface area contributed by atoms with Crippen molar-refractivity contribution >= 4 is 44.1 Å². The van der Waals surface area contributed by atoms with E-state index >= 15 is 0 Å². The Hall–Kier alpha value is -1.66. The lowest BCUT2D eigenvalue weighted by Gasteiger charge is -2.33. The van der Waals surface area contributed by atoms with E-state index in [0.717, 1.165) is 29.3 Å². The van der Waals surface area contributed by atoms with Crippen LogP contribution in [0.4, 0.5) is 5.00 Å². The van der Waals surface area contributed by atoms with Crippen LogP contribution >= 0.6 is 27.3 Å². The predicted molar refractivity (Wildman–Crippen MR) is 117 cm³/mol. The van der Waals surface area contributed by atoms with E-state index in [1.807, 2.05) is 12.1 Å². The molecule has 0 spiro atoms. The van der Waals surface area contributed by atoms with Crippen LogP contribution in [0.25, 0.3) is 0 Å². The van der Waals surface area contributed by atoms with Crippen LogP contribution in [0.5, 0.6) is 0 Å². The number of hydrogen-bond donors (Lipinski definition) is 1. The number of nitrogens with one attached hydrogen (secondary N) is 1. The fraction of sp³-hybridized carbons (Fsp3) is 0.455. The molecule has 0 aliphatic heterocycles. The lowest BCUT2D eigenvalue weighted by Crippen LogP contribution is -2.26. The molecule has 1 atom stereocenters. The number of carbonyl (C=O) groups excluding carboxylic acids is 2. The van der Waals surface area contributed by atoms with E-state index in [4.69, 9.17) is 4.74 Å². The molecule has 1 heterocycles. The normalized spacial score (nSPS) is 16.4. The average Bonchev–Trinajstić information content (AvgIpc) is 2.98. The number of rotatable bonds is 4. The van der Waals surface area contributed by atoms with Crippen molar-refractivity contribution < 1.29 is 14.3 Å². The van der Waals surface area contributed by atoms with Crippen molar-refractivity contribution in [1.29, 1.82) is 0 Å². The number of thiophene rings is 1. The van der Waals surface area contributed by atoms with Crippen LogP contribution in [-0.4, -0.2) is 18.5 Å². The summed E-state index contributed by atoms with van der Waals surface area (Å²) in [7, 11) is 0. The third kappa shape index (κ3) is 4.49. The summed E-state index contributed by atoms with van der Waals surface area (Å²) in [6, 6.07) is 7.21. The Balaban J connectivity index is 1.95. The van der Waals surface area contributed by atoms with Crippen LogP contribution in [0.1, 0.15) is 65.3 Å². The molecule has 4 nitrogen and oxygen atoms in total. The summed E-state index contributed by atoms with van der Waals surface area (Å²) in [5.74, 6) is -0.0149. The number of benzene rings is 1. The molecule has 1 N–H and O–H groups in total. The Kier molecular flexibility index (Phi) is 6.30. The second kappa shape index (κ2) is 8.37. The molecule has 0 fully saturated rings. The minimum absolute atomic E-state index is 0.214. The van der Waals surface area contributed by atoms with E-state index in [1.165, 1.54) is 16.2 Å². The zero-order valence-corrected chi connectivity index (χ0v) is 19.1. The molecule has 6 heteroatoms. The van der Waals surface area contributed by atoms with Crippen molar-refractivity contribution in [2.75, 3.05) is 11.9 Å². The number of carbonyl (C=O) groups is 2. The van der Waals surface area contributed by atoms with Gasteiger partial charge >= 0.3 is 5.97 Å².